The molecule has 0 amide bonds. The highest BCUT2D eigenvalue weighted by atomic mass is 14.9. The predicted molar refractivity (Wildman–Crippen MR) is 75.9 cm³/mol. The Kier molecular flexibility index (Phi) is 4.27. The van der Waals surface area contributed by atoms with E-state index in [1.807, 2.05) is 45.9 Å². The summed E-state index contributed by atoms with van der Waals surface area (Å²) in [5, 5.41) is 0. The molecule has 1 aromatic rings. The lowest BCUT2D eigenvalue weighted by atomic mass is 10.1. The van der Waals surface area contributed by atoms with Crippen LogP contribution in [0.1, 0.15) is 31.9 Å². The Morgan fingerprint density at radius 3 is 2.41 bits per heavy atom. The molecule has 0 atom stereocenters. The van der Waals surface area contributed by atoms with Gasteiger partial charge in [-0.25, -0.2) is 4.99 Å². The maximum absolute atomic E-state index is 5.93. The minimum Gasteiger partial charge on any atom is -0.383 e. The fourth-order valence-corrected chi connectivity index (χ4v) is 1.37. The molecule has 0 heterocycles. The fraction of sp³-hybridized carbons (Fsp3) is 0.267. The lowest BCUT2D eigenvalue weighted by Crippen LogP contribution is -2.14. The van der Waals surface area contributed by atoms with Gasteiger partial charge in [0, 0.05) is 0 Å². The Hall–Kier alpha value is -1.83. The molecule has 0 spiro atoms. The van der Waals surface area contributed by atoms with Crippen molar-refractivity contribution < 1.29 is 0 Å². The maximum Gasteiger partial charge on any atom is 0.126 e. The van der Waals surface area contributed by atoms with Crippen molar-refractivity contribution in [3.63, 3.8) is 0 Å². The summed E-state index contributed by atoms with van der Waals surface area (Å²) in [4.78, 5) is 4.35. The van der Waals surface area contributed by atoms with Crippen molar-refractivity contribution in [2.45, 2.75) is 27.7 Å². The minimum atomic E-state index is 0.538. The van der Waals surface area contributed by atoms with Gasteiger partial charge in [-0.1, -0.05) is 35.9 Å². The van der Waals surface area contributed by atoms with Crippen LogP contribution >= 0.6 is 0 Å². The van der Waals surface area contributed by atoms with Gasteiger partial charge in [0.2, 0.25) is 0 Å². The minimum absolute atomic E-state index is 0.538. The van der Waals surface area contributed by atoms with E-state index >= 15 is 0 Å². The molecule has 2 heteroatoms. The number of hydrogen-bond acceptors (Lipinski definition) is 1. The Labute approximate surface area is 104 Å². The molecule has 0 fully saturated rings. The monoisotopic (exact) mass is 228 g/mol. The summed E-state index contributed by atoms with van der Waals surface area (Å²) in [6.45, 7) is 12.0. The Bertz CT molecular complexity index is 489. The van der Waals surface area contributed by atoms with Gasteiger partial charge in [0.05, 0.1) is 5.70 Å². The normalized spacial score (nSPS) is 11.2. The lowest BCUT2D eigenvalue weighted by molar-refractivity contribution is 1.29. The van der Waals surface area contributed by atoms with Crippen LogP contribution in [0.4, 0.5) is 0 Å². The van der Waals surface area contributed by atoms with Crippen LogP contribution in [0.2, 0.25) is 0 Å². The first-order chi connectivity index (χ1) is 7.91. The van der Waals surface area contributed by atoms with Gasteiger partial charge in [-0.15, -0.1) is 0 Å². The quantitative estimate of drug-likeness (QED) is 0.622. The van der Waals surface area contributed by atoms with Gasteiger partial charge >= 0.3 is 0 Å². The molecular weight excluding hydrogens is 208 g/mol. The van der Waals surface area contributed by atoms with Crippen molar-refractivity contribution in [2.24, 2.45) is 10.7 Å². The summed E-state index contributed by atoms with van der Waals surface area (Å²) >= 11 is 0. The van der Waals surface area contributed by atoms with Crippen LogP contribution in [0.15, 0.2) is 47.0 Å². The van der Waals surface area contributed by atoms with Gasteiger partial charge in [0.25, 0.3) is 0 Å². The maximum atomic E-state index is 5.93. The van der Waals surface area contributed by atoms with Gasteiger partial charge in [-0.2, -0.15) is 0 Å². The SMILES string of the molecule is C=C(N=C(N)C(C)=C(C)C)c1cccc(C)c1. The van der Waals surface area contributed by atoms with Gasteiger partial charge in [-0.05, 0) is 44.9 Å². The molecule has 90 valence electrons. The van der Waals surface area contributed by atoms with Gasteiger partial charge in [-0.3, -0.25) is 0 Å². The molecule has 0 aliphatic rings. The Morgan fingerprint density at radius 1 is 1.24 bits per heavy atom. The van der Waals surface area contributed by atoms with E-state index in [4.69, 9.17) is 5.73 Å². The van der Waals surface area contributed by atoms with E-state index in [-0.39, 0.29) is 0 Å². The molecule has 2 nitrogen and oxygen atoms in total. The molecule has 0 saturated carbocycles. The number of hydrogen-bond donors (Lipinski definition) is 1. The molecule has 0 aromatic heterocycles. The predicted octanol–water partition coefficient (Wildman–Crippen LogP) is 3.68. The standard InChI is InChI=1S/C15H20N2/c1-10(2)12(4)15(16)17-13(5)14-8-6-7-11(3)9-14/h6-9H,5H2,1-4H3,(H2,16,17). The van der Waals surface area contributed by atoms with E-state index in [0.29, 0.717) is 11.5 Å². The molecule has 1 rings (SSSR count). The van der Waals surface area contributed by atoms with Gasteiger partial charge in [0.15, 0.2) is 0 Å². The molecule has 0 radical (unpaired) electrons. The molecule has 0 unspecified atom stereocenters. The van der Waals surface area contributed by atoms with Crippen molar-refractivity contribution in [1.82, 2.24) is 0 Å². The molecule has 1 aromatic carbocycles. The average molecular weight is 228 g/mol. The third-order valence-electron chi connectivity index (χ3n) is 2.74. The second-order valence-corrected chi connectivity index (χ2v) is 4.44. The summed E-state index contributed by atoms with van der Waals surface area (Å²) in [5.74, 6) is 0.538. The zero-order valence-electron chi connectivity index (χ0n) is 11.0. The van der Waals surface area contributed by atoms with Gasteiger partial charge < -0.3 is 5.73 Å². The Balaban J connectivity index is 3.01. The molecule has 2 N–H and O–H groups in total. The van der Waals surface area contributed by atoms with Crippen molar-refractivity contribution in [3.8, 4) is 0 Å². The van der Waals surface area contributed by atoms with Crippen LogP contribution in [-0.4, -0.2) is 5.84 Å². The van der Waals surface area contributed by atoms with Crippen molar-refractivity contribution in [3.05, 3.63) is 53.1 Å². The zero-order valence-corrected chi connectivity index (χ0v) is 11.0. The molecule has 17 heavy (non-hydrogen) atoms. The van der Waals surface area contributed by atoms with Crippen LogP contribution in [0.3, 0.4) is 0 Å². The molecule has 0 aliphatic heterocycles. The topological polar surface area (TPSA) is 38.4 Å². The number of benzene rings is 1. The van der Waals surface area contributed by atoms with E-state index in [9.17, 15) is 0 Å². The van der Waals surface area contributed by atoms with E-state index in [1.54, 1.807) is 0 Å². The summed E-state index contributed by atoms with van der Waals surface area (Å²) in [7, 11) is 0. The highest BCUT2D eigenvalue weighted by Crippen LogP contribution is 2.16. The lowest BCUT2D eigenvalue weighted by Gasteiger charge is -2.06. The summed E-state index contributed by atoms with van der Waals surface area (Å²) < 4.78 is 0. The third kappa shape index (κ3) is 3.59. The first kappa shape index (κ1) is 13.2. The summed E-state index contributed by atoms with van der Waals surface area (Å²) in [6, 6.07) is 8.08. The Morgan fingerprint density at radius 2 is 1.88 bits per heavy atom. The third-order valence-corrected chi connectivity index (χ3v) is 2.74. The molecule has 0 aliphatic carbocycles. The van der Waals surface area contributed by atoms with E-state index in [2.05, 4.69) is 17.6 Å². The van der Waals surface area contributed by atoms with Crippen LogP contribution < -0.4 is 5.73 Å². The van der Waals surface area contributed by atoms with Crippen LogP contribution in [0.5, 0.6) is 0 Å². The highest BCUT2D eigenvalue weighted by molar-refractivity contribution is 6.00. The van der Waals surface area contributed by atoms with E-state index in [1.165, 1.54) is 11.1 Å². The van der Waals surface area contributed by atoms with Crippen LogP contribution in [0.25, 0.3) is 5.70 Å². The second kappa shape index (κ2) is 5.48. The molecule has 0 saturated heterocycles. The second-order valence-electron chi connectivity index (χ2n) is 4.44. The fourth-order valence-electron chi connectivity index (χ4n) is 1.37. The smallest absolute Gasteiger partial charge is 0.126 e. The molecular formula is C15H20N2. The van der Waals surface area contributed by atoms with Gasteiger partial charge in [0.1, 0.15) is 5.84 Å². The number of allylic oxidation sites excluding steroid dienone is 1. The molecule has 0 bridgehead atoms. The van der Waals surface area contributed by atoms with E-state index in [0.717, 1.165) is 11.1 Å². The largest absolute Gasteiger partial charge is 0.383 e. The number of nitrogens with two attached hydrogens (primary N) is 1. The number of rotatable bonds is 3. The first-order valence-electron chi connectivity index (χ1n) is 5.66. The summed E-state index contributed by atoms with van der Waals surface area (Å²) in [6.07, 6.45) is 0. The zero-order chi connectivity index (χ0) is 13.0. The number of aryl methyl sites for hydroxylation is 1. The number of nitrogens with zero attached hydrogens (tertiary/aromatic N) is 1. The van der Waals surface area contributed by atoms with Crippen molar-refractivity contribution in [2.75, 3.05) is 0 Å². The highest BCUT2D eigenvalue weighted by Gasteiger charge is 2.01. The van der Waals surface area contributed by atoms with E-state index < -0.39 is 0 Å². The average Bonchev–Trinajstić information content (AvgIpc) is 2.27. The van der Waals surface area contributed by atoms with Crippen molar-refractivity contribution in [1.29, 1.82) is 0 Å². The van der Waals surface area contributed by atoms with Crippen LogP contribution in [0, 0.1) is 6.92 Å². The number of aliphatic imine (C=N–C) groups is 1. The number of amidine groups is 1. The summed E-state index contributed by atoms with van der Waals surface area (Å²) in [5.41, 5.74) is 11.0. The van der Waals surface area contributed by atoms with Crippen LogP contribution in [-0.2, 0) is 0 Å². The van der Waals surface area contributed by atoms with Crippen molar-refractivity contribution >= 4 is 11.5 Å². The first-order valence-corrected chi connectivity index (χ1v) is 5.66.